The quantitative estimate of drug-likeness (QED) is 0.793. The lowest BCUT2D eigenvalue weighted by Crippen LogP contribution is -2.36. The van der Waals surface area contributed by atoms with Gasteiger partial charge >= 0.3 is 0 Å². The first-order valence-corrected chi connectivity index (χ1v) is 9.42. The Morgan fingerprint density at radius 3 is 2.44 bits per heavy atom. The van der Waals surface area contributed by atoms with Crippen LogP contribution in [0.4, 0.5) is 0 Å². The molecule has 0 bridgehead atoms. The average Bonchev–Trinajstić information content (AvgIpc) is 3.26. The zero-order valence-corrected chi connectivity index (χ0v) is 14.7. The molecule has 2 amide bonds. The number of aromatic nitrogens is 1. The number of imide groups is 1. The van der Waals surface area contributed by atoms with E-state index in [1.807, 2.05) is 29.6 Å². The van der Waals surface area contributed by atoms with E-state index in [-0.39, 0.29) is 18.4 Å². The highest BCUT2D eigenvalue weighted by molar-refractivity contribution is 7.11. The molecule has 5 nitrogen and oxygen atoms in total. The molecule has 2 aliphatic rings. The van der Waals surface area contributed by atoms with Gasteiger partial charge in [0.25, 0.3) is 11.8 Å². The number of nitrogens with zero attached hydrogens (tertiary/aromatic N) is 3. The Morgan fingerprint density at radius 2 is 1.76 bits per heavy atom. The molecule has 0 aliphatic carbocycles. The van der Waals surface area contributed by atoms with Crippen molar-refractivity contribution in [3.05, 3.63) is 58.2 Å². The second-order valence-corrected chi connectivity index (χ2v) is 7.25. The van der Waals surface area contributed by atoms with E-state index in [0.717, 1.165) is 36.4 Å². The highest BCUT2D eigenvalue weighted by Crippen LogP contribution is 2.35. The SMILES string of the molecule is O=C1C(c2cccs2)=C(N2CCCCC2)C(=O)N1Cc1ccncc1. The minimum Gasteiger partial charge on any atom is -0.366 e. The van der Waals surface area contributed by atoms with Gasteiger partial charge in [0.2, 0.25) is 0 Å². The summed E-state index contributed by atoms with van der Waals surface area (Å²) in [6.45, 7) is 1.96. The summed E-state index contributed by atoms with van der Waals surface area (Å²) in [6.07, 6.45) is 6.67. The molecular weight excluding hydrogens is 334 g/mol. The molecule has 1 saturated heterocycles. The summed E-state index contributed by atoms with van der Waals surface area (Å²) in [5, 5.41) is 1.94. The summed E-state index contributed by atoms with van der Waals surface area (Å²) >= 11 is 1.51. The minimum atomic E-state index is -0.190. The van der Waals surface area contributed by atoms with Gasteiger partial charge in [-0.1, -0.05) is 6.07 Å². The van der Waals surface area contributed by atoms with Crippen molar-refractivity contribution >= 4 is 28.7 Å². The van der Waals surface area contributed by atoms with Gasteiger partial charge in [-0.25, -0.2) is 0 Å². The minimum absolute atomic E-state index is 0.174. The van der Waals surface area contributed by atoms with Crippen molar-refractivity contribution in [3.63, 3.8) is 0 Å². The number of carbonyl (C=O) groups is 2. The van der Waals surface area contributed by atoms with E-state index in [2.05, 4.69) is 9.88 Å². The Labute approximate surface area is 150 Å². The van der Waals surface area contributed by atoms with Crippen LogP contribution in [0.15, 0.2) is 47.7 Å². The Kier molecular flexibility index (Phi) is 4.36. The smallest absolute Gasteiger partial charge is 0.278 e. The van der Waals surface area contributed by atoms with E-state index in [1.165, 1.54) is 22.7 Å². The standard InChI is InChI=1S/C19H19N3O2S/c23-18-16(15-5-4-12-25-15)17(21-10-2-1-3-11-21)19(24)22(18)13-14-6-8-20-9-7-14/h4-9,12H,1-3,10-11,13H2. The summed E-state index contributed by atoms with van der Waals surface area (Å²) in [6, 6.07) is 7.52. The van der Waals surface area contributed by atoms with Gasteiger partial charge in [-0.15, -0.1) is 11.3 Å². The summed E-state index contributed by atoms with van der Waals surface area (Å²) < 4.78 is 0. The molecule has 0 N–H and O–H groups in total. The number of rotatable bonds is 4. The van der Waals surface area contributed by atoms with Crippen LogP contribution >= 0.6 is 11.3 Å². The van der Waals surface area contributed by atoms with Gasteiger partial charge in [0.15, 0.2) is 0 Å². The number of piperidine rings is 1. The fourth-order valence-electron chi connectivity index (χ4n) is 3.43. The predicted octanol–water partition coefficient (Wildman–Crippen LogP) is 2.91. The fraction of sp³-hybridized carbons (Fsp3) is 0.316. The van der Waals surface area contributed by atoms with E-state index in [4.69, 9.17) is 0 Å². The molecule has 0 aromatic carbocycles. The number of pyridine rings is 1. The molecule has 0 atom stereocenters. The molecule has 6 heteroatoms. The van der Waals surface area contributed by atoms with E-state index in [0.29, 0.717) is 11.3 Å². The van der Waals surface area contributed by atoms with Gasteiger partial charge in [-0.3, -0.25) is 19.5 Å². The third kappa shape index (κ3) is 2.98. The molecule has 0 saturated carbocycles. The predicted molar refractivity (Wildman–Crippen MR) is 96.5 cm³/mol. The maximum atomic E-state index is 13.1. The number of amides is 2. The van der Waals surface area contributed by atoms with Crippen LogP contribution in [-0.2, 0) is 16.1 Å². The van der Waals surface area contributed by atoms with Gasteiger partial charge in [0, 0.05) is 30.4 Å². The highest BCUT2D eigenvalue weighted by Gasteiger charge is 2.42. The van der Waals surface area contributed by atoms with Crippen molar-refractivity contribution in [1.29, 1.82) is 0 Å². The van der Waals surface area contributed by atoms with Gasteiger partial charge in [0.05, 0.1) is 12.1 Å². The molecular formula is C19H19N3O2S. The van der Waals surface area contributed by atoms with Crippen LogP contribution in [0.5, 0.6) is 0 Å². The molecule has 4 heterocycles. The van der Waals surface area contributed by atoms with Gasteiger partial charge in [0.1, 0.15) is 5.70 Å². The summed E-state index contributed by atoms with van der Waals surface area (Å²) in [7, 11) is 0. The summed E-state index contributed by atoms with van der Waals surface area (Å²) in [4.78, 5) is 34.5. The maximum Gasteiger partial charge on any atom is 0.278 e. The van der Waals surface area contributed by atoms with Crippen molar-refractivity contribution in [2.75, 3.05) is 13.1 Å². The highest BCUT2D eigenvalue weighted by atomic mass is 32.1. The molecule has 0 radical (unpaired) electrons. The molecule has 2 aliphatic heterocycles. The molecule has 0 unspecified atom stereocenters. The Balaban J connectivity index is 1.71. The van der Waals surface area contributed by atoms with Crippen LogP contribution < -0.4 is 0 Å². The van der Waals surface area contributed by atoms with Crippen molar-refractivity contribution in [3.8, 4) is 0 Å². The molecule has 4 rings (SSSR count). The first-order valence-electron chi connectivity index (χ1n) is 8.54. The van der Waals surface area contributed by atoms with Gasteiger partial charge < -0.3 is 4.90 Å². The zero-order chi connectivity index (χ0) is 17.2. The molecule has 0 spiro atoms. The van der Waals surface area contributed by atoms with E-state index in [1.54, 1.807) is 12.4 Å². The van der Waals surface area contributed by atoms with Crippen molar-refractivity contribution in [2.24, 2.45) is 0 Å². The van der Waals surface area contributed by atoms with Crippen LogP contribution in [0, 0.1) is 0 Å². The van der Waals surface area contributed by atoms with Crippen molar-refractivity contribution in [1.82, 2.24) is 14.8 Å². The van der Waals surface area contributed by atoms with E-state index < -0.39 is 0 Å². The molecule has 2 aromatic heterocycles. The van der Waals surface area contributed by atoms with Crippen molar-refractivity contribution < 1.29 is 9.59 Å². The lowest BCUT2D eigenvalue weighted by atomic mass is 10.1. The molecule has 1 fully saturated rings. The second kappa shape index (κ2) is 6.80. The summed E-state index contributed by atoms with van der Waals surface area (Å²) in [5.41, 5.74) is 2.05. The zero-order valence-electron chi connectivity index (χ0n) is 13.9. The van der Waals surface area contributed by atoms with Crippen LogP contribution in [0.1, 0.15) is 29.7 Å². The van der Waals surface area contributed by atoms with Gasteiger partial charge in [-0.2, -0.15) is 0 Å². The molecule has 2 aromatic rings. The molecule has 25 heavy (non-hydrogen) atoms. The third-order valence-corrected chi connectivity index (χ3v) is 5.56. The Hall–Kier alpha value is -2.47. The third-order valence-electron chi connectivity index (χ3n) is 4.67. The second-order valence-electron chi connectivity index (χ2n) is 6.30. The average molecular weight is 353 g/mol. The largest absolute Gasteiger partial charge is 0.366 e. The van der Waals surface area contributed by atoms with Crippen LogP contribution in [-0.4, -0.2) is 39.7 Å². The van der Waals surface area contributed by atoms with Crippen molar-refractivity contribution in [2.45, 2.75) is 25.8 Å². The number of carbonyl (C=O) groups excluding carboxylic acids is 2. The number of thiophene rings is 1. The van der Waals surface area contributed by atoms with Crippen LogP contribution in [0.25, 0.3) is 5.57 Å². The number of hydrogen-bond donors (Lipinski definition) is 0. The topological polar surface area (TPSA) is 53.5 Å². The molecule has 128 valence electrons. The number of likely N-dealkylation sites (tertiary alicyclic amines) is 1. The lowest BCUT2D eigenvalue weighted by Gasteiger charge is -2.29. The van der Waals surface area contributed by atoms with E-state index >= 15 is 0 Å². The lowest BCUT2D eigenvalue weighted by molar-refractivity contribution is -0.138. The van der Waals surface area contributed by atoms with E-state index in [9.17, 15) is 9.59 Å². The van der Waals surface area contributed by atoms with Crippen LogP contribution in [0.2, 0.25) is 0 Å². The number of hydrogen-bond acceptors (Lipinski definition) is 5. The van der Waals surface area contributed by atoms with Gasteiger partial charge in [-0.05, 0) is 48.4 Å². The van der Waals surface area contributed by atoms with Crippen LogP contribution in [0.3, 0.4) is 0 Å². The Morgan fingerprint density at radius 1 is 1.00 bits per heavy atom. The first kappa shape index (κ1) is 16.0. The monoisotopic (exact) mass is 353 g/mol. The first-order chi connectivity index (χ1) is 12.3. The normalized spacial score (nSPS) is 18.4. The summed E-state index contributed by atoms with van der Waals surface area (Å²) in [5.74, 6) is -0.364. The maximum absolute atomic E-state index is 13.1. The fourth-order valence-corrected chi connectivity index (χ4v) is 4.19. The Bertz CT molecular complexity index is 808.